The first kappa shape index (κ1) is 29.8. The predicted molar refractivity (Wildman–Crippen MR) is 152 cm³/mol. The van der Waals surface area contributed by atoms with Gasteiger partial charge in [0.25, 0.3) is 10.0 Å². The van der Waals surface area contributed by atoms with Crippen LogP contribution in [0, 0.1) is 0 Å². The quantitative estimate of drug-likeness (QED) is 0.304. The smallest absolute Gasteiger partial charge is 0.264 e. The van der Waals surface area contributed by atoms with Crippen molar-refractivity contribution in [3.8, 4) is 0 Å². The van der Waals surface area contributed by atoms with E-state index >= 15 is 0 Å². The number of nitrogens with zero attached hydrogens (tertiary/aromatic N) is 2. The van der Waals surface area contributed by atoms with Gasteiger partial charge in [-0.15, -0.1) is 0 Å². The number of sulfonamides is 1. The van der Waals surface area contributed by atoms with Crippen LogP contribution in [-0.2, 0) is 26.2 Å². The van der Waals surface area contributed by atoms with Gasteiger partial charge in [0, 0.05) is 18.1 Å². The molecule has 0 fully saturated rings. The van der Waals surface area contributed by atoms with E-state index in [9.17, 15) is 18.0 Å². The Morgan fingerprint density at radius 2 is 1.55 bits per heavy atom. The summed E-state index contributed by atoms with van der Waals surface area (Å²) in [6.07, 6.45) is 0.314. The SMILES string of the molecule is CCNC(=O)[C@H](CC)N(Cc1ccc(Cl)c(Cl)c1)C(=O)CN(c1ccccc1)S(=O)(=O)c1ccc(Cl)cc1. The Balaban J connectivity index is 2.04. The van der Waals surface area contributed by atoms with Gasteiger partial charge in [0.1, 0.15) is 12.6 Å². The Morgan fingerprint density at radius 3 is 2.13 bits per heavy atom. The number of nitrogens with one attached hydrogen (secondary N) is 1. The second-order valence-electron chi connectivity index (χ2n) is 8.39. The van der Waals surface area contributed by atoms with Gasteiger partial charge < -0.3 is 10.2 Å². The number of amides is 2. The maximum absolute atomic E-state index is 13.9. The molecule has 1 atom stereocenters. The van der Waals surface area contributed by atoms with Crippen LogP contribution in [0.2, 0.25) is 15.1 Å². The summed E-state index contributed by atoms with van der Waals surface area (Å²) in [6.45, 7) is 3.44. The van der Waals surface area contributed by atoms with Crippen LogP contribution in [0.15, 0.2) is 77.7 Å². The number of carbonyl (C=O) groups is 2. The van der Waals surface area contributed by atoms with Crippen LogP contribution in [0.4, 0.5) is 5.69 Å². The molecule has 0 aliphatic heterocycles. The fourth-order valence-corrected chi connectivity index (χ4v) is 5.76. The predicted octanol–water partition coefficient (Wildman–Crippen LogP) is 5.79. The van der Waals surface area contributed by atoms with E-state index in [1.54, 1.807) is 62.4 Å². The summed E-state index contributed by atoms with van der Waals surface area (Å²) in [5.41, 5.74) is 0.943. The molecule has 0 saturated heterocycles. The highest BCUT2D eigenvalue weighted by molar-refractivity contribution is 7.92. The molecule has 0 aliphatic rings. The molecule has 3 aromatic carbocycles. The average Bonchev–Trinajstić information content (AvgIpc) is 2.90. The summed E-state index contributed by atoms with van der Waals surface area (Å²) in [5.74, 6) is -0.897. The minimum absolute atomic E-state index is 0.0228. The molecule has 0 unspecified atom stereocenters. The van der Waals surface area contributed by atoms with Crippen molar-refractivity contribution in [3.63, 3.8) is 0 Å². The fourth-order valence-electron chi connectivity index (χ4n) is 3.90. The molecule has 0 radical (unpaired) electrons. The third-order valence-electron chi connectivity index (χ3n) is 5.80. The zero-order chi connectivity index (χ0) is 27.9. The van der Waals surface area contributed by atoms with E-state index in [-0.39, 0.29) is 17.3 Å². The van der Waals surface area contributed by atoms with Gasteiger partial charge in [-0.2, -0.15) is 0 Å². The van der Waals surface area contributed by atoms with Gasteiger partial charge in [-0.1, -0.05) is 66.0 Å². The minimum Gasteiger partial charge on any atom is -0.355 e. The highest BCUT2D eigenvalue weighted by Crippen LogP contribution is 2.27. The van der Waals surface area contributed by atoms with Gasteiger partial charge in [-0.3, -0.25) is 13.9 Å². The van der Waals surface area contributed by atoms with E-state index in [1.165, 1.54) is 29.2 Å². The number of benzene rings is 3. The Labute approximate surface area is 238 Å². The van der Waals surface area contributed by atoms with Crippen LogP contribution < -0.4 is 9.62 Å². The third-order valence-corrected chi connectivity index (χ3v) is 8.58. The van der Waals surface area contributed by atoms with Crippen molar-refractivity contribution in [1.29, 1.82) is 0 Å². The zero-order valence-electron chi connectivity index (χ0n) is 20.9. The van der Waals surface area contributed by atoms with Gasteiger partial charge in [0.15, 0.2) is 0 Å². The Bertz CT molecular complexity index is 1370. The molecule has 202 valence electrons. The summed E-state index contributed by atoms with van der Waals surface area (Å²) in [6, 6.07) is 18.1. The number of carbonyl (C=O) groups excluding carboxylic acids is 2. The van der Waals surface area contributed by atoms with Crippen molar-refractivity contribution in [2.75, 3.05) is 17.4 Å². The summed E-state index contributed by atoms with van der Waals surface area (Å²) in [4.78, 5) is 28.2. The van der Waals surface area contributed by atoms with E-state index in [4.69, 9.17) is 34.8 Å². The lowest BCUT2D eigenvalue weighted by Gasteiger charge is -2.33. The summed E-state index contributed by atoms with van der Waals surface area (Å²) >= 11 is 18.2. The summed E-state index contributed by atoms with van der Waals surface area (Å²) < 4.78 is 28.5. The first-order valence-corrected chi connectivity index (χ1v) is 14.5. The molecular formula is C27H28Cl3N3O4S. The van der Waals surface area contributed by atoms with Crippen molar-refractivity contribution in [3.05, 3.63) is 93.4 Å². The van der Waals surface area contributed by atoms with E-state index in [0.717, 1.165) is 4.31 Å². The third kappa shape index (κ3) is 7.20. The lowest BCUT2D eigenvalue weighted by atomic mass is 10.1. The van der Waals surface area contributed by atoms with E-state index in [1.807, 2.05) is 0 Å². The largest absolute Gasteiger partial charge is 0.355 e. The number of para-hydroxylation sites is 1. The van der Waals surface area contributed by atoms with E-state index in [2.05, 4.69) is 5.32 Å². The Kier molecular flexibility index (Phi) is 10.4. The molecule has 2 amide bonds. The fraction of sp³-hybridized carbons (Fsp3) is 0.259. The molecule has 0 spiro atoms. The molecule has 0 bridgehead atoms. The topological polar surface area (TPSA) is 86.8 Å². The van der Waals surface area contributed by atoms with E-state index < -0.39 is 28.5 Å². The van der Waals surface area contributed by atoms with Gasteiger partial charge in [0.2, 0.25) is 11.8 Å². The maximum Gasteiger partial charge on any atom is 0.264 e. The van der Waals surface area contributed by atoms with Gasteiger partial charge >= 0.3 is 0 Å². The van der Waals surface area contributed by atoms with Crippen molar-refractivity contribution in [2.45, 2.75) is 37.8 Å². The molecule has 0 aliphatic carbocycles. The van der Waals surface area contributed by atoms with Crippen molar-refractivity contribution in [1.82, 2.24) is 10.2 Å². The Morgan fingerprint density at radius 1 is 0.895 bits per heavy atom. The van der Waals surface area contributed by atoms with Gasteiger partial charge in [-0.05, 0) is 67.4 Å². The summed E-state index contributed by atoms with van der Waals surface area (Å²) in [7, 11) is -4.16. The van der Waals surface area contributed by atoms with Crippen molar-refractivity contribution >= 4 is 62.3 Å². The number of hydrogen-bond donors (Lipinski definition) is 1. The standard InChI is InChI=1S/C27H28Cl3N3O4S/c1-3-25(27(35)31-4-2)32(17-19-10-15-23(29)24(30)16-19)26(34)18-33(21-8-6-5-7-9-21)38(36,37)22-13-11-20(28)12-14-22/h5-16,25H,3-4,17-18H2,1-2H3,(H,31,35)/t25-/m0/s1. The van der Waals surface area contributed by atoms with Crippen molar-refractivity contribution < 1.29 is 18.0 Å². The van der Waals surface area contributed by atoms with Gasteiger partial charge in [0.05, 0.1) is 20.6 Å². The molecule has 3 aromatic rings. The minimum atomic E-state index is -4.16. The lowest BCUT2D eigenvalue weighted by molar-refractivity contribution is -0.140. The first-order chi connectivity index (χ1) is 18.1. The molecule has 0 saturated carbocycles. The van der Waals surface area contributed by atoms with Crippen LogP contribution in [0.5, 0.6) is 0 Å². The molecule has 0 aromatic heterocycles. The highest BCUT2D eigenvalue weighted by atomic mass is 35.5. The second kappa shape index (κ2) is 13.3. The monoisotopic (exact) mass is 595 g/mol. The number of rotatable bonds is 11. The number of likely N-dealkylation sites (N-methyl/N-ethyl adjacent to an activating group) is 1. The van der Waals surface area contributed by atoms with Crippen molar-refractivity contribution in [2.24, 2.45) is 0 Å². The normalized spacial score (nSPS) is 12.0. The van der Waals surface area contributed by atoms with Crippen LogP contribution in [0.1, 0.15) is 25.8 Å². The van der Waals surface area contributed by atoms with Crippen LogP contribution >= 0.6 is 34.8 Å². The molecule has 1 N–H and O–H groups in total. The van der Waals surface area contributed by atoms with Crippen LogP contribution in [0.3, 0.4) is 0 Å². The molecule has 7 nitrogen and oxygen atoms in total. The maximum atomic E-state index is 13.9. The van der Waals surface area contributed by atoms with Crippen LogP contribution in [0.25, 0.3) is 0 Å². The lowest BCUT2D eigenvalue weighted by Crippen LogP contribution is -2.52. The van der Waals surface area contributed by atoms with Crippen LogP contribution in [-0.4, -0.2) is 44.3 Å². The highest BCUT2D eigenvalue weighted by Gasteiger charge is 2.33. The first-order valence-electron chi connectivity index (χ1n) is 11.9. The molecule has 0 heterocycles. The van der Waals surface area contributed by atoms with Gasteiger partial charge in [-0.25, -0.2) is 8.42 Å². The van der Waals surface area contributed by atoms with E-state index in [0.29, 0.717) is 39.3 Å². The number of halogens is 3. The summed E-state index contributed by atoms with van der Waals surface area (Å²) in [5, 5.41) is 3.80. The average molecular weight is 597 g/mol. The Hall–Kier alpha value is -2.78. The molecular weight excluding hydrogens is 569 g/mol. The zero-order valence-corrected chi connectivity index (χ0v) is 24.0. The molecule has 38 heavy (non-hydrogen) atoms. The number of hydrogen-bond acceptors (Lipinski definition) is 4. The molecule has 11 heteroatoms. The second-order valence-corrected chi connectivity index (χ2v) is 11.5. The number of anilines is 1. The molecule has 3 rings (SSSR count).